The molecule has 0 aliphatic heterocycles. The van der Waals surface area contributed by atoms with Crippen molar-refractivity contribution in [2.24, 2.45) is 0 Å². The van der Waals surface area contributed by atoms with Crippen LogP contribution in [0.25, 0.3) is 10.6 Å². The second kappa shape index (κ2) is 5.36. The highest BCUT2D eigenvalue weighted by Crippen LogP contribution is 2.27. The van der Waals surface area contributed by atoms with Gasteiger partial charge in [-0.2, -0.15) is 9.38 Å². The normalized spacial score (nSPS) is 11.3. The van der Waals surface area contributed by atoms with Gasteiger partial charge in [0.1, 0.15) is 11.8 Å². The highest BCUT2D eigenvalue weighted by atomic mass is 32.1. The zero-order chi connectivity index (χ0) is 15.8. The Kier molecular flexibility index (Phi) is 3.19. The lowest BCUT2D eigenvalue weighted by molar-refractivity contribution is -0.389. The fourth-order valence-corrected chi connectivity index (χ4v) is 3.19. The quantitative estimate of drug-likeness (QED) is 0.449. The predicted octanol–water partition coefficient (Wildman–Crippen LogP) is 2.61. The van der Waals surface area contributed by atoms with Crippen molar-refractivity contribution < 1.29 is 4.92 Å². The van der Waals surface area contributed by atoms with Gasteiger partial charge in [0, 0.05) is 30.7 Å². The second-order valence-corrected chi connectivity index (χ2v) is 5.84. The SMILES string of the molecule is O=[N+]([O-])c1c(NCCc2cn3ccccc3n2)nc2sccn12. The van der Waals surface area contributed by atoms with Crippen molar-refractivity contribution in [2.75, 3.05) is 11.9 Å². The smallest absolute Gasteiger partial charge is 0.363 e. The van der Waals surface area contributed by atoms with Crippen LogP contribution >= 0.6 is 11.3 Å². The van der Waals surface area contributed by atoms with Gasteiger partial charge in [-0.25, -0.2) is 4.98 Å². The van der Waals surface area contributed by atoms with E-state index < -0.39 is 4.92 Å². The molecule has 4 aromatic rings. The molecule has 0 aromatic carbocycles. The first kappa shape index (κ1) is 13.7. The number of nitrogens with zero attached hydrogens (tertiary/aromatic N) is 5. The van der Waals surface area contributed by atoms with Crippen LogP contribution in [0.5, 0.6) is 0 Å². The molecular formula is C14H12N6O2S. The zero-order valence-electron chi connectivity index (χ0n) is 11.9. The third-order valence-corrected chi connectivity index (χ3v) is 4.25. The standard InChI is InChI=1S/C14H12N6O2S/c21-20(22)13-12(17-14-19(13)7-8-23-14)15-5-4-10-9-18-6-2-1-3-11(18)16-10/h1-3,6-9,15H,4-5H2. The van der Waals surface area contributed by atoms with Gasteiger partial charge in [-0.15, -0.1) is 0 Å². The topological polar surface area (TPSA) is 89.8 Å². The fraction of sp³-hybridized carbons (Fsp3) is 0.143. The van der Waals surface area contributed by atoms with E-state index in [-0.39, 0.29) is 5.82 Å². The maximum absolute atomic E-state index is 11.2. The van der Waals surface area contributed by atoms with Crippen LogP contribution in [-0.2, 0) is 6.42 Å². The first-order valence-electron chi connectivity index (χ1n) is 6.99. The highest BCUT2D eigenvalue weighted by Gasteiger charge is 2.23. The summed E-state index contributed by atoms with van der Waals surface area (Å²) < 4.78 is 3.43. The Morgan fingerprint density at radius 2 is 2.22 bits per heavy atom. The minimum absolute atomic E-state index is 0.0312. The highest BCUT2D eigenvalue weighted by molar-refractivity contribution is 7.15. The van der Waals surface area contributed by atoms with Crippen LogP contribution in [0, 0.1) is 10.1 Å². The molecular weight excluding hydrogens is 316 g/mol. The Bertz CT molecular complexity index is 968. The fourth-order valence-electron chi connectivity index (χ4n) is 2.48. The van der Waals surface area contributed by atoms with Crippen molar-refractivity contribution in [1.29, 1.82) is 0 Å². The van der Waals surface area contributed by atoms with E-state index in [1.54, 1.807) is 11.6 Å². The summed E-state index contributed by atoms with van der Waals surface area (Å²) in [5.41, 5.74) is 1.81. The van der Waals surface area contributed by atoms with E-state index in [1.807, 2.05) is 35.0 Å². The number of aromatic nitrogens is 4. The number of hydrogen-bond donors (Lipinski definition) is 1. The summed E-state index contributed by atoms with van der Waals surface area (Å²) in [4.78, 5) is 20.2. The van der Waals surface area contributed by atoms with Gasteiger partial charge in [-0.05, 0) is 17.1 Å². The average Bonchev–Trinajstić information content (AvgIpc) is 3.19. The van der Waals surface area contributed by atoms with E-state index in [0.29, 0.717) is 23.7 Å². The number of rotatable bonds is 5. The molecule has 0 atom stereocenters. The van der Waals surface area contributed by atoms with Crippen molar-refractivity contribution >= 4 is 33.6 Å². The number of pyridine rings is 1. The van der Waals surface area contributed by atoms with Gasteiger partial charge >= 0.3 is 5.82 Å². The Morgan fingerprint density at radius 1 is 1.30 bits per heavy atom. The first-order chi connectivity index (χ1) is 11.2. The number of fused-ring (bicyclic) bond motifs is 2. The van der Waals surface area contributed by atoms with E-state index in [1.165, 1.54) is 15.7 Å². The first-order valence-corrected chi connectivity index (χ1v) is 7.87. The molecule has 0 unspecified atom stereocenters. The lowest BCUT2D eigenvalue weighted by atomic mass is 10.3. The number of anilines is 1. The van der Waals surface area contributed by atoms with Gasteiger partial charge in [0.25, 0.3) is 4.96 Å². The minimum atomic E-state index is -0.417. The molecule has 23 heavy (non-hydrogen) atoms. The minimum Gasteiger partial charge on any atom is -0.363 e. The second-order valence-electron chi connectivity index (χ2n) is 4.97. The molecule has 0 aliphatic rings. The van der Waals surface area contributed by atoms with Crippen LogP contribution < -0.4 is 5.32 Å². The van der Waals surface area contributed by atoms with E-state index in [0.717, 1.165) is 11.3 Å². The molecule has 0 aliphatic carbocycles. The van der Waals surface area contributed by atoms with Crippen LogP contribution in [-0.4, -0.2) is 30.2 Å². The maximum atomic E-state index is 11.2. The summed E-state index contributed by atoms with van der Waals surface area (Å²) in [5.74, 6) is 0.266. The predicted molar refractivity (Wildman–Crippen MR) is 87.1 cm³/mol. The monoisotopic (exact) mass is 328 g/mol. The van der Waals surface area contributed by atoms with Gasteiger partial charge in [-0.1, -0.05) is 17.4 Å². The van der Waals surface area contributed by atoms with Gasteiger partial charge in [0.15, 0.2) is 0 Å². The molecule has 8 nitrogen and oxygen atoms in total. The van der Waals surface area contributed by atoms with Gasteiger partial charge < -0.3 is 19.8 Å². The van der Waals surface area contributed by atoms with Crippen LogP contribution in [0.15, 0.2) is 42.2 Å². The molecule has 0 saturated carbocycles. The van der Waals surface area contributed by atoms with Gasteiger partial charge in [0.2, 0.25) is 5.82 Å². The summed E-state index contributed by atoms with van der Waals surface area (Å²) in [6, 6.07) is 5.81. The molecule has 116 valence electrons. The third kappa shape index (κ3) is 2.40. The number of thiazole rings is 1. The molecule has 1 N–H and O–H groups in total. The molecule has 0 amide bonds. The van der Waals surface area contributed by atoms with E-state index in [9.17, 15) is 10.1 Å². The molecule has 4 aromatic heterocycles. The van der Waals surface area contributed by atoms with Crippen molar-refractivity contribution in [3.8, 4) is 0 Å². The molecule has 0 fully saturated rings. The molecule has 0 radical (unpaired) electrons. The molecule has 0 spiro atoms. The van der Waals surface area contributed by atoms with Crippen LogP contribution in [0.3, 0.4) is 0 Å². The van der Waals surface area contributed by atoms with Crippen LogP contribution in [0.1, 0.15) is 5.69 Å². The number of nitrogens with one attached hydrogen (secondary N) is 1. The van der Waals surface area contributed by atoms with E-state index >= 15 is 0 Å². The lowest BCUT2D eigenvalue weighted by Crippen LogP contribution is -2.07. The Labute approximate surface area is 134 Å². The molecule has 0 bridgehead atoms. The van der Waals surface area contributed by atoms with Crippen LogP contribution in [0.2, 0.25) is 0 Å². The Morgan fingerprint density at radius 3 is 3.04 bits per heavy atom. The zero-order valence-corrected chi connectivity index (χ0v) is 12.7. The number of hydrogen-bond acceptors (Lipinski definition) is 6. The van der Waals surface area contributed by atoms with Crippen LogP contribution in [0.4, 0.5) is 11.6 Å². The summed E-state index contributed by atoms with van der Waals surface area (Å²) in [7, 11) is 0. The van der Waals surface area contributed by atoms with Crippen molar-refractivity contribution in [2.45, 2.75) is 6.42 Å². The molecule has 4 heterocycles. The summed E-state index contributed by atoms with van der Waals surface area (Å²) >= 11 is 1.36. The van der Waals surface area contributed by atoms with E-state index in [4.69, 9.17) is 0 Å². The number of imidazole rings is 2. The maximum Gasteiger partial charge on any atom is 0.372 e. The lowest BCUT2D eigenvalue weighted by Gasteiger charge is -2.01. The van der Waals surface area contributed by atoms with Crippen molar-refractivity contribution in [1.82, 2.24) is 18.8 Å². The van der Waals surface area contributed by atoms with Crippen molar-refractivity contribution in [3.05, 3.63) is 58.0 Å². The van der Waals surface area contributed by atoms with Gasteiger partial charge in [-0.3, -0.25) is 0 Å². The Balaban J connectivity index is 1.51. The van der Waals surface area contributed by atoms with Gasteiger partial charge in [0.05, 0.1) is 5.69 Å². The average molecular weight is 328 g/mol. The molecule has 0 saturated heterocycles. The third-order valence-electron chi connectivity index (χ3n) is 3.50. The number of nitro groups is 1. The summed E-state index contributed by atoms with van der Waals surface area (Å²) in [6.45, 7) is 0.523. The molecule has 4 rings (SSSR count). The molecule has 9 heteroatoms. The summed E-state index contributed by atoms with van der Waals surface area (Å²) in [6.07, 6.45) is 6.20. The Hall–Kier alpha value is -2.94. The van der Waals surface area contributed by atoms with E-state index in [2.05, 4.69) is 15.3 Å². The summed E-state index contributed by atoms with van der Waals surface area (Å²) in [5, 5.41) is 16.1. The van der Waals surface area contributed by atoms with Crippen molar-refractivity contribution in [3.63, 3.8) is 0 Å². The largest absolute Gasteiger partial charge is 0.372 e.